The summed E-state index contributed by atoms with van der Waals surface area (Å²) in [5, 5.41) is 12.0. The van der Waals surface area contributed by atoms with E-state index in [1.54, 1.807) is 6.08 Å². The lowest BCUT2D eigenvalue weighted by Crippen LogP contribution is -1.83. The minimum Gasteiger partial charge on any atom is -0.255 e. The van der Waals surface area contributed by atoms with Crippen LogP contribution in [0.5, 0.6) is 0 Å². The van der Waals surface area contributed by atoms with Gasteiger partial charge in [0.1, 0.15) is 0 Å². The van der Waals surface area contributed by atoms with Gasteiger partial charge in [-0.3, -0.25) is 10.5 Å². The smallest absolute Gasteiger partial charge is 0.0219 e. The molecule has 0 heterocycles. The van der Waals surface area contributed by atoms with Gasteiger partial charge in [-0.15, -0.1) is 6.58 Å². The molecule has 2 N–H and O–H groups in total. The van der Waals surface area contributed by atoms with Crippen LogP contribution in [0, 0.1) is 0 Å². The molecule has 1 rings (SSSR count). The maximum absolute atomic E-state index is 6.00. The van der Waals surface area contributed by atoms with Crippen molar-refractivity contribution in [3.05, 3.63) is 48.6 Å². The highest BCUT2D eigenvalue weighted by atomic mass is 17.0. The van der Waals surface area contributed by atoms with Crippen molar-refractivity contribution < 1.29 is 10.5 Å². The highest BCUT2D eigenvalue weighted by Gasteiger charge is 1.93. The standard InChI is InChI=1S/C9H12.C3H6.H2O2/c1-8(2)9-6-4-3-5-7-9;1-3-2;1-2/h3-8H,1-2H3;3H,1H2,2H3;1-2H. The molecular formula is C12H20O2. The van der Waals surface area contributed by atoms with Crippen LogP contribution >= 0.6 is 0 Å². The molecule has 0 aliphatic carbocycles. The van der Waals surface area contributed by atoms with Crippen LogP contribution in [-0.2, 0) is 0 Å². The summed E-state index contributed by atoms with van der Waals surface area (Å²) in [4.78, 5) is 0. The van der Waals surface area contributed by atoms with Gasteiger partial charge in [0, 0.05) is 0 Å². The molecule has 2 nitrogen and oxygen atoms in total. The first-order valence-corrected chi connectivity index (χ1v) is 4.54. The third-order valence-electron chi connectivity index (χ3n) is 1.47. The zero-order valence-corrected chi connectivity index (χ0v) is 9.14. The van der Waals surface area contributed by atoms with Crippen molar-refractivity contribution in [2.45, 2.75) is 26.7 Å². The van der Waals surface area contributed by atoms with Gasteiger partial charge in [-0.25, -0.2) is 0 Å². The van der Waals surface area contributed by atoms with E-state index in [2.05, 4.69) is 44.7 Å². The van der Waals surface area contributed by atoms with E-state index in [1.165, 1.54) is 5.56 Å². The van der Waals surface area contributed by atoms with Crippen LogP contribution in [0.2, 0.25) is 0 Å². The Hall–Kier alpha value is -1.12. The molecule has 0 spiro atoms. The lowest BCUT2D eigenvalue weighted by atomic mass is 10.0. The largest absolute Gasteiger partial charge is 0.255 e. The molecular weight excluding hydrogens is 176 g/mol. The molecule has 0 saturated carbocycles. The van der Waals surface area contributed by atoms with Gasteiger partial charge >= 0.3 is 0 Å². The van der Waals surface area contributed by atoms with Crippen LogP contribution in [0.4, 0.5) is 0 Å². The van der Waals surface area contributed by atoms with E-state index in [0.29, 0.717) is 5.92 Å². The first kappa shape index (κ1) is 15.4. The van der Waals surface area contributed by atoms with Gasteiger partial charge in [0.05, 0.1) is 0 Å². The summed E-state index contributed by atoms with van der Waals surface area (Å²) < 4.78 is 0. The lowest BCUT2D eigenvalue weighted by Gasteiger charge is -2.01. The van der Waals surface area contributed by atoms with Crippen LogP contribution in [0.1, 0.15) is 32.3 Å². The molecule has 0 saturated heterocycles. The van der Waals surface area contributed by atoms with Crippen molar-refractivity contribution in [2.75, 3.05) is 0 Å². The van der Waals surface area contributed by atoms with Crippen LogP contribution in [0.25, 0.3) is 0 Å². The molecule has 0 amide bonds. The van der Waals surface area contributed by atoms with Gasteiger partial charge in [0.2, 0.25) is 0 Å². The zero-order valence-electron chi connectivity index (χ0n) is 9.14. The Labute approximate surface area is 86.5 Å². The maximum atomic E-state index is 6.00. The molecule has 0 radical (unpaired) electrons. The molecule has 0 fully saturated rings. The van der Waals surface area contributed by atoms with E-state index >= 15 is 0 Å². The average Bonchev–Trinajstić information content (AvgIpc) is 2.23. The molecule has 0 unspecified atom stereocenters. The fourth-order valence-corrected chi connectivity index (χ4v) is 0.838. The Balaban J connectivity index is 0. The van der Waals surface area contributed by atoms with E-state index in [1.807, 2.05) is 13.0 Å². The number of rotatable bonds is 1. The number of hydrogen-bond acceptors (Lipinski definition) is 2. The summed E-state index contributed by atoms with van der Waals surface area (Å²) in [7, 11) is 0. The highest BCUT2D eigenvalue weighted by molar-refractivity contribution is 5.17. The Morgan fingerprint density at radius 2 is 1.50 bits per heavy atom. The molecule has 80 valence electrons. The maximum Gasteiger partial charge on any atom is -0.0219 e. The van der Waals surface area contributed by atoms with Crippen LogP contribution < -0.4 is 0 Å². The van der Waals surface area contributed by atoms with Crippen molar-refractivity contribution in [1.82, 2.24) is 0 Å². The van der Waals surface area contributed by atoms with E-state index in [9.17, 15) is 0 Å². The fraction of sp³-hybridized carbons (Fsp3) is 0.333. The number of hydrogen-bond donors (Lipinski definition) is 2. The zero-order chi connectivity index (χ0) is 11.4. The van der Waals surface area contributed by atoms with Crippen LogP contribution in [0.3, 0.4) is 0 Å². The minimum atomic E-state index is 0.659. The Kier molecular flexibility index (Phi) is 13.0. The van der Waals surface area contributed by atoms with E-state index < -0.39 is 0 Å². The second kappa shape index (κ2) is 11.9. The summed E-state index contributed by atoms with van der Waals surface area (Å²) in [6.45, 7) is 9.66. The molecule has 1 aromatic rings. The Bertz CT molecular complexity index is 205. The monoisotopic (exact) mass is 196 g/mol. The van der Waals surface area contributed by atoms with E-state index in [4.69, 9.17) is 10.5 Å². The third-order valence-corrected chi connectivity index (χ3v) is 1.47. The molecule has 0 atom stereocenters. The second-order valence-electron chi connectivity index (χ2n) is 2.97. The first-order valence-electron chi connectivity index (χ1n) is 4.54. The second-order valence-corrected chi connectivity index (χ2v) is 2.97. The van der Waals surface area contributed by atoms with Crippen molar-refractivity contribution in [1.29, 1.82) is 0 Å². The topological polar surface area (TPSA) is 40.5 Å². The molecule has 0 aliphatic rings. The van der Waals surface area contributed by atoms with Crippen molar-refractivity contribution in [3.8, 4) is 0 Å². The summed E-state index contributed by atoms with van der Waals surface area (Å²) in [5.74, 6) is 0.659. The highest BCUT2D eigenvalue weighted by Crippen LogP contribution is 2.11. The summed E-state index contributed by atoms with van der Waals surface area (Å²) in [6.07, 6.45) is 1.75. The third kappa shape index (κ3) is 8.97. The van der Waals surface area contributed by atoms with Gasteiger partial charge < -0.3 is 0 Å². The molecule has 2 heteroatoms. The van der Waals surface area contributed by atoms with Crippen molar-refractivity contribution in [2.24, 2.45) is 0 Å². The summed E-state index contributed by atoms with van der Waals surface area (Å²) in [6, 6.07) is 10.5. The fourth-order valence-electron chi connectivity index (χ4n) is 0.838. The Morgan fingerprint density at radius 1 is 1.14 bits per heavy atom. The molecule has 0 aromatic heterocycles. The van der Waals surface area contributed by atoms with Gasteiger partial charge in [-0.1, -0.05) is 50.3 Å². The molecule has 1 aromatic carbocycles. The van der Waals surface area contributed by atoms with Gasteiger partial charge in [0.15, 0.2) is 0 Å². The van der Waals surface area contributed by atoms with Gasteiger partial charge in [-0.2, -0.15) is 0 Å². The molecule has 0 bridgehead atoms. The van der Waals surface area contributed by atoms with Crippen LogP contribution in [-0.4, -0.2) is 10.5 Å². The van der Waals surface area contributed by atoms with Crippen molar-refractivity contribution >= 4 is 0 Å². The number of benzene rings is 1. The SMILES string of the molecule is C=CC.CC(C)c1ccccc1.OO. The van der Waals surface area contributed by atoms with Crippen molar-refractivity contribution in [3.63, 3.8) is 0 Å². The quantitative estimate of drug-likeness (QED) is 0.404. The van der Waals surface area contributed by atoms with Gasteiger partial charge in [-0.05, 0) is 18.4 Å². The minimum absolute atomic E-state index is 0.659. The summed E-state index contributed by atoms with van der Waals surface area (Å²) >= 11 is 0. The first-order chi connectivity index (χ1) is 6.72. The average molecular weight is 196 g/mol. The lowest BCUT2D eigenvalue weighted by molar-refractivity contribution is -0.176. The number of allylic oxidation sites excluding steroid dienone is 1. The predicted molar refractivity (Wildman–Crippen MR) is 61.7 cm³/mol. The Morgan fingerprint density at radius 3 is 1.71 bits per heavy atom. The van der Waals surface area contributed by atoms with Gasteiger partial charge in [0.25, 0.3) is 0 Å². The van der Waals surface area contributed by atoms with E-state index in [0.717, 1.165) is 0 Å². The molecule has 0 aliphatic heterocycles. The summed E-state index contributed by atoms with van der Waals surface area (Å²) in [5.41, 5.74) is 1.41. The predicted octanol–water partition coefficient (Wildman–Crippen LogP) is 4.02. The van der Waals surface area contributed by atoms with E-state index in [-0.39, 0.29) is 0 Å². The normalized spacial score (nSPS) is 7.86. The van der Waals surface area contributed by atoms with Crippen LogP contribution in [0.15, 0.2) is 43.0 Å². The molecule has 14 heavy (non-hydrogen) atoms.